The van der Waals surface area contributed by atoms with Crippen LogP contribution in [0.15, 0.2) is 57.6 Å². The Balaban J connectivity index is 1.83. The van der Waals surface area contributed by atoms with E-state index in [4.69, 9.17) is 11.6 Å². The first kappa shape index (κ1) is 28.4. The fourth-order valence-electron chi connectivity index (χ4n) is 3.55. The predicted octanol–water partition coefficient (Wildman–Crippen LogP) is 6.96. The zero-order chi connectivity index (χ0) is 27.6. The number of anilines is 1. The van der Waals surface area contributed by atoms with Gasteiger partial charge in [-0.25, -0.2) is 9.67 Å². The number of fused-ring (bicyclic) bond motifs is 1. The van der Waals surface area contributed by atoms with Crippen molar-refractivity contribution < 1.29 is 22.8 Å². The Hall–Kier alpha value is -2.61. The van der Waals surface area contributed by atoms with Crippen LogP contribution in [0.3, 0.4) is 0 Å². The normalized spacial score (nSPS) is 11.6. The van der Waals surface area contributed by atoms with E-state index in [1.54, 1.807) is 36.0 Å². The summed E-state index contributed by atoms with van der Waals surface area (Å²) in [5, 5.41) is 10.3. The molecule has 14 heteroatoms. The van der Waals surface area contributed by atoms with Gasteiger partial charge in [-0.05, 0) is 63.3 Å². The number of halogens is 6. The number of benzene rings is 2. The molecule has 198 valence electrons. The van der Waals surface area contributed by atoms with Gasteiger partial charge in [-0.15, -0.1) is 0 Å². The number of nitrogens with zero attached hydrogens (tertiary/aromatic N) is 3. The lowest BCUT2D eigenvalue weighted by Crippen LogP contribution is -2.28. The van der Waals surface area contributed by atoms with Gasteiger partial charge in [0, 0.05) is 33.5 Å². The molecule has 0 saturated carbocycles. The summed E-state index contributed by atoms with van der Waals surface area (Å²) in [5.74, 6) is -0.913. The molecule has 0 spiro atoms. The highest BCUT2D eigenvalue weighted by atomic mass is 79.9. The zero-order valence-corrected chi connectivity index (χ0v) is 24.1. The SMILES string of the molecule is CSCCNC(=O)c1cc2cc(Br)ccc2c(Br)c1NC(=O)c1cc(C(F)(F)F)nn1-c1ncccc1Cl. The minimum Gasteiger partial charge on any atom is -0.351 e. The summed E-state index contributed by atoms with van der Waals surface area (Å²) in [6.45, 7) is 0.376. The molecule has 2 N–H and O–H groups in total. The first-order chi connectivity index (χ1) is 18.0. The van der Waals surface area contributed by atoms with Crippen molar-refractivity contribution >= 4 is 83.5 Å². The van der Waals surface area contributed by atoms with Gasteiger partial charge in [-0.3, -0.25) is 9.59 Å². The van der Waals surface area contributed by atoms with Crippen molar-refractivity contribution in [2.45, 2.75) is 6.18 Å². The third kappa shape index (κ3) is 6.00. The van der Waals surface area contributed by atoms with E-state index in [-0.39, 0.29) is 22.1 Å². The van der Waals surface area contributed by atoms with Crippen molar-refractivity contribution in [3.8, 4) is 5.82 Å². The lowest BCUT2D eigenvalue weighted by molar-refractivity contribution is -0.141. The summed E-state index contributed by atoms with van der Waals surface area (Å²) in [5.41, 5.74) is -1.58. The molecule has 0 unspecified atom stereocenters. The summed E-state index contributed by atoms with van der Waals surface area (Å²) < 4.78 is 42.5. The van der Waals surface area contributed by atoms with Crippen LogP contribution in [0.1, 0.15) is 26.5 Å². The van der Waals surface area contributed by atoms with Crippen molar-refractivity contribution in [2.75, 3.05) is 23.9 Å². The smallest absolute Gasteiger partial charge is 0.351 e. The Morgan fingerprint density at radius 2 is 1.89 bits per heavy atom. The Morgan fingerprint density at radius 3 is 2.58 bits per heavy atom. The van der Waals surface area contributed by atoms with Gasteiger partial charge in [-0.1, -0.05) is 33.6 Å². The number of amides is 2. The molecule has 0 aliphatic rings. The highest BCUT2D eigenvalue weighted by molar-refractivity contribution is 9.11. The summed E-state index contributed by atoms with van der Waals surface area (Å²) in [6.07, 6.45) is -1.62. The molecule has 0 saturated heterocycles. The van der Waals surface area contributed by atoms with E-state index in [2.05, 4.69) is 52.6 Å². The molecule has 0 aliphatic heterocycles. The fraction of sp³-hybridized carbons (Fsp3) is 0.167. The van der Waals surface area contributed by atoms with Crippen molar-refractivity contribution in [1.29, 1.82) is 0 Å². The van der Waals surface area contributed by atoms with Gasteiger partial charge in [0.25, 0.3) is 11.8 Å². The maximum atomic E-state index is 13.5. The lowest BCUT2D eigenvalue weighted by atomic mass is 10.0. The Kier molecular flexibility index (Phi) is 8.70. The molecule has 0 bridgehead atoms. The number of pyridine rings is 1. The molecular formula is C24H17Br2ClF3N5O2S. The molecule has 2 heterocycles. The minimum absolute atomic E-state index is 0.00954. The summed E-state index contributed by atoms with van der Waals surface area (Å²) >= 11 is 14.6. The topological polar surface area (TPSA) is 88.9 Å². The van der Waals surface area contributed by atoms with Crippen molar-refractivity contribution in [1.82, 2.24) is 20.1 Å². The summed E-state index contributed by atoms with van der Waals surface area (Å²) in [7, 11) is 0. The maximum Gasteiger partial charge on any atom is 0.435 e. The number of carbonyl (C=O) groups is 2. The average molecular weight is 692 g/mol. The van der Waals surface area contributed by atoms with E-state index in [1.807, 2.05) is 6.26 Å². The predicted molar refractivity (Wildman–Crippen MR) is 149 cm³/mol. The largest absolute Gasteiger partial charge is 0.435 e. The molecule has 0 aliphatic carbocycles. The first-order valence-electron chi connectivity index (χ1n) is 10.8. The number of hydrogen-bond donors (Lipinski definition) is 2. The number of alkyl halides is 3. The van der Waals surface area contributed by atoms with Crippen LogP contribution in [-0.2, 0) is 6.18 Å². The molecule has 2 aromatic carbocycles. The molecule has 2 amide bonds. The van der Waals surface area contributed by atoms with Crippen LogP contribution >= 0.6 is 55.2 Å². The van der Waals surface area contributed by atoms with Crippen LogP contribution in [-0.4, -0.2) is 45.1 Å². The van der Waals surface area contributed by atoms with Gasteiger partial charge in [0.2, 0.25) is 0 Å². The van der Waals surface area contributed by atoms with Crippen LogP contribution < -0.4 is 10.6 Å². The van der Waals surface area contributed by atoms with Crippen LogP contribution in [0, 0.1) is 0 Å². The maximum absolute atomic E-state index is 13.5. The fourth-order valence-corrected chi connectivity index (χ4v) is 5.11. The number of thioether (sulfide) groups is 1. The van der Waals surface area contributed by atoms with Crippen LogP contribution in [0.5, 0.6) is 0 Å². The highest BCUT2D eigenvalue weighted by Gasteiger charge is 2.37. The molecule has 2 aromatic heterocycles. The summed E-state index contributed by atoms with van der Waals surface area (Å²) in [6, 6.07) is 10.5. The van der Waals surface area contributed by atoms with Gasteiger partial charge in [0.1, 0.15) is 5.69 Å². The molecule has 4 aromatic rings. The quantitative estimate of drug-likeness (QED) is 0.205. The molecule has 0 radical (unpaired) electrons. The molecule has 4 rings (SSSR count). The Labute approximate surface area is 240 Å². The standard InChI is InChI=1S/C24H17Br2ClF3N5O2S/c1-38-8-7-32-22(36)15-10-12-9-13(25)4-5-14(12)19(26)20(15)33-23(37)17-11-18(24(28,29)30)34-35(17)21-16(27)3-2-6-31-21/h2-6,9-11H,7-8H2,1H3,(H,32,36)(H,33,37). The first-order valence-corrected chi connectivity index (χ1v) is 14.2. The van der Waals surface area contributed by atoms with Gasteiger partial charge < -0.3 is 10.6 Å². The Morgan fingerprint density at radius 1 is 1.13 bits per heavy atom. The van der Waals surface area contributed by atoms with Gasteiger partial charge in [0.05, 0.1) is 16.3 Å². The molecule has 7 nitrogen and oxygen atoms in total. The van der Waals surface area contributed by atoms with Gasteiger partial charge >= 0.3 is 6.18 Å². The van der Waals surface area contributed by atoms with Crippen LogP contribution in [0.25, 0.3) is 16.6 Å². The number of aromatic nitrogens is 3. The van der Waals surface area contributed by atoms with Gasteiger partial charge in [0.15, 0.2) is 11.5 Å². The molecule has 0 fully saturated rings. The monoisotopic (exact) mass is 689 g/mol. The minimum atomic E-state index is -4.83. The van der Waals surface area contributed by atoms with Crippen molar-refractivity contribution in [3.05, 3.63) is 79.6 Å². The Bertz CT molecular complexity index is 1550. The number of rotatable bonds is 7. The third-order valence-corrected chi connectivity index (χ3v) is 7.51. The third-order valence-electron chi connectivity index (χ3n) is 5.29. The lowest BCUT2D eigenvalue weighted by Gasteiger charge is -2.16. The van der Waals surface area contributed by atoms with Crippen LogP contribution in [0.2, 0.25) is 5.02 Å². The van der Waals surface area contributed by atoms with Crippen molar-refractivity contribution in [2.24, 2.45) is 0 Å². The summed E-state index contributed by atoms with van der Waals surface area (Å²) in [4.78, 5) is 30.6. The van der Waals surface area contributed by atoms with E-state index in [9.17, 15) is 22.8 Å². The van der Waals surface area contributed by atoms with Crippen LogP contribution in [0.4, 0.5) is 18.9 Å². The zero-order valence-electron chi connectivity index (χ0n) is 19.4. The second-order valence-electron chi connectivity index (χ2n) is 7.81. The van der Waals surface area contributed by atoms with E-state index >= 15 is 0 Å². The second kappa shape index (κ2) is 11.6. The highest BCUT2D eigenvalue weighted by Crippen LogP contribution is 2.37. The van der Waals surface area contributed by atoms with E-state index < -0.39 is 29.4 Å². The molecule has 38 heavy (non-hydrogen) atoms. The number of carbonyl (C=O) groups excluding carboxylic acids is 2. The van der Waals surface area contributed by atoms with E-state index in [0.717, 1.165) is 9.15 Å². The van der Waals surface area contributed by atoms with E-state index in [1.165, 1.54) is 18.3 Å². The average Bonchev–Trinajstić information content (AvgIpc) is 3.32. The molecular weight excluding hydrogens is 675 g/mol. The van der Waals surface area contributed by atoms with E-state index in [0.29, 0.717) is 33.6 Å². The molecule has 0 atom stereocenters. The van der Waals surface area contributed by atoms with Crippen molar-refractivity contribution in [3.63, 3.8) is 0 Å². The number of hydrogen-bond acceptors (Lipinski definition) is 5. The number of nitrogens with one attached hydrogen (secondary N) is 2. The van der Waals surface area contributed by atoms with Gasteiger partial charge in [-0.2, -0.15) is 30.0 Å². The second-order valence-corrected chi connectivity index (χ2v) is 10.9.